The van der Waals surface area contributed by atoms with Crippen molar-refractivity contribution in [2.45, 2.75) is 12.6 Å². The van der Waals surface area contributed by atoms with E-state index in [1.807, 2.05) is 6.07 Å². The molecular formula is C9H12BrNO2. The first-order chi connectivity index (χ1) is 6.28. The predicted octanol–water partition coefficient (Wildman–Crippen LogP) is 1.87. The highest BCUT2D eigenvalue weighted by atomic mass is 79.9. The largest absolute Gasteiger partial charge is 0.457 e. The molecule has 1 saturated heterocycles. The van der Waals surface area contributed by atoms with Crippen LogP contribution < -0.4 is 0 Å². The van der Waals surface area contributed by atoms with Crippen molar-refractivity contribution in [3.63, 3.8) is 0 Å². The molecular weight excluding hydrogens is 234 g/mol. The first-order valence-corrected chi connectivity index (χ1v) is 5.05. The monoisotopic (exact) mass is 245 g/mol. The van der Waals surface area contributed by atoms with Crippen LogP contribution in [0, 0.1) is 0 Å². The molecule has 0 aromatic carbocycles. The highest BCUT2D eigenvalue weighted by Crippen LogP contribution is 2.19. The van der Waals surface area contributed by atoms with E-state index in [1.165, 1.54) is 5.56 Å². The fraction of sp³-hybridized carbons (Fsp3) is 0.556. The van der Waals surface area contributed by atoms with Crippen LogP contribution in [0.25, 0.3) is 0 Å². The number of ether oxygens (including phenoxy) is 1. The molecule has 0 aliphatic carbocycles. The van der Waals surface area contributed by atoms with Gasteiger partial charge in [-0.1, -0.05) is 0 Å². The second kappa shape index (κ2) is 3.82. The number of hydrogen-bond acceptors (Lipinski definition) is 3. The number of hydrogen-bond donors (Lipinski definition) is 0. The van der Waals surface area contributed by atoms with Gasteiger partial charge < -0.3 is 9.15 Å². The van der Waals surface area contributed by atoms with Gasteiger partial charge in [0.05, 0.1) is 12.4 Å². The van der Waals surface area contributed by atoms with E-state index in [-0.39, 0.29) is 0 Å². The Bertz CT molecular complexity index is 281. The molecule has 2 heterocycles. The highest BCUT2D eigenvalue weighted by Gasteiger charge is 2.26. The third-order valence-electron chi connectivity index (χ3n) is 2.28. The average molecular weight is 246 g/mol. The second-order valence-electron chi connectivity index (χ2n) is 3.31. The molecule has 13 heavy (non-hydrogen) atoms. The van der Waals surface area contributed by atoms with Crippen molar-refractivity contribution in [3.8, 4) is 0 Å². The lowest BCUT2D eigenvalue weighted by molar-refractivity contribution is -0.0334. The molecule has 1 aromatic rings. The maximum atomic E-state index is 5.18. The molecule has 0 radical (unpaired) electrons. The van der Waals surface area contributed by atoms with E-state index in [0.29, 0.717) is 6.10 Å². The lowest BCUT2D eigenvalue weighted by atomic mass is 10.1. The topological polar surface area (TPSA) is 25.6 Å². The van der Waals surface area contributed by atoms with E-state index >= 15 is 0 Å². The molecule has 1 aromatic heterocycles. The van der Waals surface area contributed by atoms with E-state index < -0.39 is 0 Å². The van der Waals surface area contributed by atoms with E-state index in [9.17, 15) is 0 Å². The minimum atomic E-state index is 0.426. The van der Waals surface area contributed by atoms with Crippen LogP contribution in [-0.4, -0.2) is 31.2 Å². The quantitative estimate of drug-likeness (QED) is 0.814. The summed E-state index contributed by atoms with van der Waals surface area (Å²) in [6, 6.07) is 2.00. The van der Waals surface area contributed by atoms with Crippen LogP contribution in [-0.2, 0) is 11.3 Å². The van der Waals surface area contributed by atoms with Crippen LogP contribution in [0.15, 0.2) is 21.4 Å². The van der Waals surface area contributed by atoms with Gasteiger partial charge in [0.1, 0.15) is 0 Å². The Balaban J connectivity index is 1.81. The van der Waals surface area contributed by atoms with Crippen LogP contribution in [0.3, 0.4) is 0 Å². The summed E-state index contributed by atoms with van der Waals surface area (Å²) in [5, 5.41) is 0. The molecule has 0 bridgehead atoms. The number of rotatable bonds is 3. The van der Waals surface area contributed by atoms with Crippen molar-refractivity contribution in [3.05, 3.63) is 22.6 Å². The molecule has 0 saturated carbocycles. The highest BCUT2D eigenvalue weighted by molar-refractivity contribution is 9.10. The molecule has 0 amide bonds. The number of methoxy groups -OCH3 is 1. The summed E-state index contributed by atoms with van der Waals surface area (Å²) >= 11 is 3.28. The van der Waals surface area contributed by atoms with Crippen LogP contribution in [0.5, 0.6) is 0 Å². The summed E-state index contributed by atoms with van der Waals surface area (Å²) in [5.41, 5.74) is 1.21. The summed E-state index contributed by atoms with van der Waals surface area (Å²) in [6.07, 6.45) is 2.21. The molecule has 3 nitrogen and oxygen atoms in total. The number of likely N-dealkylation sites (tertiary alicyclic amines) is 1. The van der Waals surface area contributed by atoms with Crippen molar-refractivity contribution in [1.29, 1.82) is 0 Å². The first kappa shape index (κ1) is 9.24. The Morgan fingerprint density at radius 1 is 1.69 bits per heavy atom. The van der Waals surface area contributed by atoms with Crippen LogP contribution in [0.1, 0.15) is 5.56 Å². The molecule has 0 unspecified atom stereocenters. The maximum Gasteiger partial charge on any atom is 0.169 e. The van der Waals surface area contributed by atoms with Gasteiger partial charge in [0, 0.05) is 32.3 Å². The maximum absolute atomic E-state index is 5.18. The summed E-state index contributed by atoms with van der Waals surface area (Å²) in [4.78, 5) is 2.32. The molecule has 4 heteroatoms. The zero-order valence-electron chi connectivity index (χ0n) is 7.50. The van der Waals surface area contributed by atoms with Gasteiger partial charge in [0.15, 0.2) is 4.67 Å². The predicted molar refractivity (Wildman–Crippen MR) is 52.5 cm³/mol. The Kier molecular flexibility index (Phi) is 2.71. The minimum Gasteiger partial charge on any atom is -0.457 e. The van der Waals surface area contributed by atoms with Crippen molar-refractivity contribution in [2.24, 2.45) is 0 Å². The van der Waals surface area contributed by atoms with E-state index in [4.69, 9.17) is 9.15 Å². The Hall–Kier alpha value is -0.320. The molecule has 1 aliphatic heterocycles. The third kappa shape index (κ3) is 2.13. The Morgan fingerprint density at radius 3 is 3.00 bits per heavy atom. The van der Waals surface area contributed by atoms with Gasteiger partial charge in [-0.3, -0.25) is 4.90 Å². The number of nitrogens with zero attached hydrogens (tertiary/aromatic N) is 1. The van der Waals surface area contributed by atoms with E-state index in [0.717, 1.165) is 24.3 Å². The average Bonchev–Trinajstić information content (AvgIpc) is 2.43. The van der Waals surface area contributed by atoms with Gasteiger partial charge in [-0.05, 0) is 22.0 Å². The lowest BCUT2D eigenvalue weighted by Gasteiger charge is -2.37. The summed E-state index contributed by atoms with van der Waals surface area (Å²) in [5.74, 6) is 0. The summed E-state index contributed by atoms with van der Waals surface area (Å²) < 4.78 is 11.1. The molecule has 0 atom stereocenters. The first-order valence-electron chi connectivity index (χ1n) is 4.26. The van der Waals surface area contributed by atoms with Crippen LogP contribution in [0.2, 0.25) is 0 Å². The van der Waals surface area contributed by atoms with Crippen molar-refractivity contribution < 1.29 is 9.15 Å². The Labute approximate surface area is 85.8 Å². The lowest BCUT2D eigenvalue weighted by Crippen LogP contribution is -2.50. The zero-order chi connectivity index (χ0) is 9.26. The standard InChI is InChI=1S/C9H12BrNO2/c1-12-8-4-11(5-8)3-7-2-9(10)13-6-7/h2,6,8H,3-5H2,1H3. The summed E-state index contributed by atoms with van der Waals surface area (Å²) in [7, 11) is 1.76. The van der Waals surface area contributed by atoms with Crippen molar-refractivity contribution >= 4 is 15.9 Å². The smallest absolute Gasteiger partial charge is 0.169 e. The fourth-order valence-corrected chi connectivity index (χ4v) is 1.88. The zero-order valence-corrected chi connectivity index (χ0v) is 9.08. The number of halogens is 1. The SMILES string of the molecule is COC1CN(Cc2coc(Br)c2)C1. The van der Waals surface area contributed by atoms with Gasteiger partial charge in [-0.25, -0.2) is 0 Å². The third-order valence-corrected chi connectivity index (χ3v) is 2.70. The van der Waals surface area contributed by atoms with Gasteiger partial charge in [-0.15, -0.1) is 0 Å². The molecule has 72 valence electrons. The van der Waals surface area contributed by atoms with E-state index in [2.05, 4.69) is 20.8 Å². The molecule has 0 N–H and O–H groups in total. The van der Waals surface area contributed by atoms with Gasteiger partial charge in [-0.2, -0.15) is 0 Å². The van der Waals surface area contributed by atoms with Gasteiger partial charge in [0.2, 0.25) is 0 Å². The summed E-state index contributed by atoms with van der Waals surface area (Å²) in [6.45, 7) is 3.01. The Morgan fingerprint density at radius 2 is 2.46 bits per heavy atom. The second-order valence-corrected chi connectivity index (χ2v) is 4.09. The normalized spacial score (nSPS) is 18.9. The van der Waals surface area contributed by atoms with Gasteiger partial charge in [0.25, 0.3) is 0 Å². The number of furan rings is 1. The fourth-order valence-electron chi connectivity index (χ4n) is 1.49. The molecule has 0 spiro atoms. The minimum absolute atomic E-state index is 0.426. The van der Waals surface area contributed by atoms with Crippen LogP contribution >= 0.6 is 15.9 Å². The van der Waals surface area contributed by atoms with Crippen molar-refractivity contribution in [1.82, 2.24) is 4.90 Å². The van der Waals surface area contributed by atoms with E-state index in [1.54, 1.807) is 13.4 Å². The molecule has 2 rings (SSSR count). The molecule has 1 fully saturated rings. The van der Waals surface area contributed by atoms with Crippen LogP contribution in [0.4, 0.5) is 0 Å². The molecule has 1 aliphatic rings. The van der Waals surface area contributed by atoms with Gasteiger partial charge >= 0.3 is 0 Å². The van der Waals surface area contributed by atoms with Crippen molar-refractivity contribution in [2.75, 3.05) is 20.2 Å².